The lowest BCUT2D eigenvalue weighted by Gasteiger charge is -2.26. The molecule has 0 radical (unpaired) electrons. The molecule has 2 heterocycles. The molecule has 1 aliphatic heterocycles. The third-order valence-electron chi connectivity index (χ3n) is 4.01. The number of carbonyl (C=O) groups excluding carboxylic acids is 1. The van der Waals surface area contributed by atoms with Gasteiger partial charge in [0, 0.05) is 37.6 Å². The first-order valence-corrected chi connectivity index (χ1v) is 8.89. The molecule has 1 aromatic carbocycles. The standard InChI is InChI=1S/C17H19N3O4S/c21-17(15-9-16(20(22)23)25-12-15)18-10-13-1-3-14(4-2-13)11-19-5-7-24-8-6-19/h1-4,9,12H,5-8,10-11H2,(H,18,21). The Morgan fingerprint density at radius 2 is 1.92 bits per heavy atom. The quantitative estimate of drug-likeness (QED) is 0.631. The maximum Gasteiger partial charge on any atom is 0.324 e. The van der Waals surface area contributed by atoms with Gasteiger partial charge in [-0.15, -0.1) is 0 Å². The molecule has 1 aliphatic rings. The number of ether oxygens (including phenoxy) is 1. The van der Waals surface area contributed by atoms with Crippen LogP contribution >= 0.6 is 11.3 Å². The number of morpholine rings is 1. The predicted octanol–water partition coefficient (Wildman–Crippen LogP) is 2.42. The van der Waals surface area contributed by atoms with Crippen molar-refractivity contribution in [2.24, 2.45) is 0 Å². The van der Waals surface area contributed by atoms with Crippen LogP contribution in [-0.2, 0) is 17.8 Å². The van der Waals surface area contributed by atoms with Gasteiger partial charge in [0.2, 0.25) is 0 Å². The normalized spacial score (nSPS) is 15.0. The SMILES string of the molecule is O=C(NCc1ccc(CN2CCOCC2)cc1)c1csc([N+](=O)[O-])c1. The van der Waals surface area contributed by atoms with Crippen molar-refractivity contribution in [2.75, 3.05) is 26.3 Å². The molecule has 0 unspecified atom stereocenters. The van der Waals surface area contributed by atoms with E-state index >= 15 is 0 Å². The van der Waals surface area contributed by atoms with Crippen LogP contribution in [0.2, 0.25) is 0 Å². The van der Waals surface area contributed by atoms with E-state index in [4.69, 9.17) is 4.74 Å². The number of amides is 1. The minimum absolute atomic E-state index is 0.0300. The summed E-state index contributed by atoms with van der Waals surface area (Å²) in [6, 6.07) is 9.41. The van der Waals surface area contributed by atoms with Crippen molar-refractivity contribution < 1.29 is 14.5 Å². The van der Waals surface area contributed by atoms with Gasteiger partial charge < -0.3 is 10.1 Å². The molecule has 0 spiro atoms. The van der Waals surface area contributed by atoms with Gasteiger partial charge >= 0.3 is 5.00 Å². The van der Waals surface area contributed by atoms with Crippen molar-refractivity contribution in [3.05, 3.63) is 62.5 Å². The topological polar surface area (TPSA) is 84.7 Å². The molecule has 132 valence electrons. The summed E-state index contributed by atoms with van der Waals surface area (Å²) in [6.07, 6.45) is 0. The van der Waals surface area contributed by atoms with E-state index in [1.807, 2.05) is 12.1 Å². The zero-order chi connectivity index (χ0) is 17.6. The fraction of sp³-hybridized carbons (Fsp3) is 0.353. The summed E-state index contributed by atoms with van der Waals surface area (Å²) in [4.78, 5) is 24.6. The smallest absolute Gasteiger partial charge is 0.324 e. The Hall–Kier alpha value is -2.29. The fourth-order valence-electron chi connectivity index (χ4n) is 2.60. The maximum absolute atomic E-state index is 12.0. The van der Waals surface area contributed by atoms with Gasteiger partial charge in [-0.05, 0) is 11.1 Å². The van der Waals surface area contributed by atoms with Gasteiger partial charge in [0.25, 0.3) is 5.91 Å². The van der Waals surface area contributed by atoms with Gasteiger partial charge in [0.05, 0.1) is 23.7 Å². The summed E-state index contributed by atoms with van der Waals surface area (Å²) in [6.45, 7) is 4.75. The summed E-state index contributed by atoms with van der Waals surface area (Å²) in [5.41, 5.74) is 2.54. The van der Waals surface area contributed by atoms with Gasteiger partial charge in [0.1, 0.15) is 0 Å². The number of benzene rings is 1. The lowest BCUT2D eigenvalue weighted by Crippen LogP contribution is -2.35. The molecule has 3 rings (SSSR count). The molecule has 0 atom stereocenters. The van der Waals surface area contributed by atoms with Gasteiger partial charge in [-0.1, -0.05) is 35.6 Å². The van der Waals surface area contributed by atoms with Crippen LogP contribution < -0.4 is 5.32 Å². The highest BCUT2D eigenvalue weighted by Gasteiger charge is 2.15. The number of nitrogens with zero attached hydrogens (tertiary/aromatic N) is 2. The molecule has 1 N–H and O–H groups in total. The highest BCUT2D eigenvalue weighted by molar-refractivity contribution is 7.13. The summed E-state index contributed by atoms with van der Waals surface area (Å²) >= 11 is 0.953. The van der Waals surface area contributed by atoms with E-state index in [1.165, 1.54) is 17.0 Å². The number of carbonyl (C=O) groups is 1. The first-order valence-electron chi connectivity index (χ1n) is 8.01. The molecule has 1 aromatic heterocycles. The van der Waals surface area contributed by atoms with Crippen molar-refractivity contribution in [1.29, 1.82) is 0 Å². The molecule has 1 fully saturated rings. The Kier molecular flexibility index (Phi) is 5.75. The van der Waals surface area contributed by atoms with E-state index in [1.54, 1.807) is 0 Å². The molecule has 7 nitrogen and oxygen atoms in total. The Bertz CT molecular complexity index is 739. The molecule has 0 bridgehead atoms. The van der Waals surface area contributed by atoms with Crippen LogP contribution in [0.1, 0.15) is 21.5 Å². The van der Waals surface area contributed by atoms with E-state index in [0.29, 0.717) is 12.1 Å². The van der Waals surface area contributed by atoms with E-state index in [-0.39, 0.29) is 10.9 Å². The first kappa shape index (κ1) is 17.5. The van der Waals surface area contributed by atoms with Gasteiger partial charge in [-0.2, -0.15) is 0 Å². The maximum atomic E-state index is 12.0. The second kappa shape index (κ2) is 8.19. The van der Waals surface area contributed by atoms with Gasteiger partial charge in [0.15, 0.2) is 0 Å². The van der Waals surface area contributed by atoms with Crippen molar-refractivity contribution in [1.82, 2.24) is 10.2 Å². The molecule has 8 heteroatoms. The zero-order valence-corrected chi connectivity index (χ0v) is 14.5. The third-order valence-corrected chi connectivity index (χ3v) is 4.89. The van der Waals surface area contributed by atoms with Crippen LogP contribution in [-0.4, -0.2) is 42.0 Å². The molecule has 25 heavy (non-hydrogen) atoms. The van der Waals surface area contributed by atoms with Crippen LogP contribution in [0.4, 0.5) is 5.00 Å². The average molecular weight is 361 g/mol. The van der Waals surface area contributed by atoms with E-state index < -0.39 is 4.92 Å². The second-order valence-corrected chi connectivity index (χ2v) is 6.71. The van der Waals surface area contributed by atoms with Crippen LogP contribution in [0, 0.1) is 10.1 Å². The van der Waals surface area contributed by atoms with E-state index in [0.717, 1.165) is 49.7 Å². The Morgan fingerprint density at radius 3 is 2.56 bits per heavy atom. The summed E-state index contributed by atoms with van der Waals surface area (Å²) in [5, 5.41) is 14.9. The summed E-state index contributed by atoms with van der Waals surface area (Å²) in [5.74, 6) is -0.304. The Balaban J connectivity index is 1.50. The second-order valence-electron chi connectivity index (χ2n) is 5.82. The van der Waals surface area contributed by atoms with E-state index in [2.05, 4.69) is 22.3 Å². The molecule has 2 aromatic rings. The van der Waals surface area contributed by atoms with Crippen LogP contribution in [0.25, 0.3) is 0 Å². The van der Waals surface area contributed by atoms with Gasteiger partial charge in [-0.25, -0.2) is 0 Å². The molecule has 0 aliphatic carbocycles. The average Bonchev–Trinajstić information content (AvgIpc) is 3.12. The van der Waals surface area contributed by atoms with Crippen LogP contribution in [0.15, 0.2) is 35.7 Å². The molecular weight excluding hydrogens is 342 g/mol. The minimum Gasteiger partial charge on any atom is -0.379 e. The lowest BCUT2D eigenvalue weighted by molar-refractivity contribution is -0.380. The van der Waals surface area contributed by atoms with Crippen molar-refractivity contribution in [3.8, 4) is 0 Å². The highest BCUT2D eigenvalue weighted by atomic mass is 32.1. The van der Waals surface area contributed by atoms with Crippen molar-refractivity contribution in [3.63, 3.8) is 0 Å². The molecular formula is C17H19N3O4S. The number of hydrogen-bond donors (Lipinski definition) is 1. The number of hydrogen-bond acceptors (Lipinski definition) is 6. The Labute approximate surface area is 149 Å². The summed E-state index contributed by atoms with van der Waals surface area (Å²) in [7, 11) is 0. The molecule has 1 amide bonds. The van der Waals surface area contributed by atoms with Gasteiger partial charge in [-0.3, -0.25) is 19.8 Å². The largest absolute Gasteiger partial charge is 0.379 e. The molecule has 1 saturated heterocycles. The number of thiophene rings is 1. The number of nitrogens with one attached hydrogen (secondary N) is 1. The van der Waals surface area contributed by atoms with Crippen LogP contribution in [0.5, 0.6) is 0 Å². The first-order chi connectivity index (χ1) is 12.1. The molecule has 0 saturated carbocycles. The summed E-state index contributed by atoms with van der Waals surface area (Å²) < 4.78 is 5.34. The van der Waals surface area contributed by atoms with Crippen LogP contribution in [0.3, 0.4) is 0 Å². The number of rotatable bonds is 6. The fourth-order valence-corrected chi connectivity index (χ4v) is 3.31. The highest BCUT2D eigenvalue weighted by Crippen LogP contribution is 2.22. The monoisotopic (exact) mass is 361 g/mol. The zero-order valence-electron chi connectivity index (χ0n) is 13.6. The van der Waals surface area contributed by atoms with Crippen molar-refractivity contribution >= 4 is 22.2 Å². The number of nitro groups is 1. The third kappa shape index (κ3) is 4.85. The van der Waals surface area contributed by atoms with Crippen molar-refractivity contribution in [2.45, 2.75) is 13.1 Å². The lowest BCUT2D eigenvalue weighted by atomic mass is 10.1. The minimum atomic E-state index is -0.491. The Morgan fingerprint density at radius 1 is 1.24 bits per heavy atom. The van der Waals surface area contributed by atoms with E-state index in [9.17, 15) is 14.9 Å². The predicted molar refractivity (Wildman–Crippen MR) is 94.7 cm³/mol.